The van der Waals surface area contributed by atoms with E-state index in [1.807, 2.05) is 0 Å². The van der Waals surface area contributed by atoms with Crippen molar-refractivity contribution in [1.82, 2.24) is 0 Å². The molecule has 0 aromatic heterocycles. The monoisotopic (exact) mass is 162 g/mol. The quantitative estimate of drug-likeness (QED) is 0.356. The van der Waals surface area contributed by atoms with Gasteiger partial charge in [-0.2, -0.15) is 0 Å². The molecule has 5 nitrogen and oxygen atoms in total. The first-order chi connectivity index (χ1) is 5.20. The molecule has 1 rings (SSSR count). The van der Waals surface area contributed by atoms with Gasteiger partial charge in [-0.15, -0.1) is 0 Å². The summed E-state index contributed by atoms with van der Waals surface area (Å²) in [6, 6.07) is -0.755. The SMILES string of the molecule is N[C@@H]1[C@@H](N)[C@@H](CO)O[C@H]1CO. The highest BCUT2D eigenvalue weighted by atomic mass is 16.5. The Hall–Kier alpha value is -0.200. The second-order valence-electron chi connectivity index (χ2n) is 2.73. The predicted molar refractivity (Wildman–Crippen MR) is 38.8 cm³/mol. The minimum Gasteiger partial charge on any atom is -0.394 e. The van der Waals surface area contributed by atoms with E-state index in [4.69, 9.17) is 26.4 Å². The van der Waals surface area contributed by atoms with Crippen LogP contribution < -0.4 is 11.5 Å². The highest BCUT2D eigenvalue weighted by Crippen LogP contribution is 2.16. The van der Waals surface area contributed by atoms with Gasteiger partial charge in [0.15, 0.2) is 0 Å². The predicted octanol–water partition coefficient (Wildman–Crippen LogP) is -2.61. The summed E-state index contributed by atoms with van der Waals surface area (Å²) in [5, 5.41) is 17.5. The number of rotatable bonds is 2. The lowest BCUT2D eigenvalue weighted by atomic mass is 10.0. The summed E-state index contributed by atoms with van der Waals surface area (Å²) >= 11 is 0. The summed E-state index contributed by atoms with van der Waals surface area (Å²) in [6.07, 6.45) is -0.857. The Morgan fingerprint density at radius 3 is 1.55 bits per heavy atom. The van der Waals surface area contributed by atoms with Crippen LogP contribution in [0.5, 0.6) is 0 Å². The zero-order valence-electron chi connectivity index (χ0n) is 6.18. The molecule has 0 aromatic rings. The van der Waals surface area contributed by atoms with Crippen LogP contribution in [0.4, 0.5) is 0 Å². The van der Waals surface area contributed by atoms with Gasteiger partial charge in [0.05, 0.1) is 37.5 Å². The van der Waals surface area contributed by atoms with Crippen molar-refractivity contribution in [2.45, 2.75) is 24.3 Å². The highest BCUT2D eigenvalue weighted by molar-refractivity contribution is 4.95. The van der Waals surface area contributed by atoms with E-state index < -0.39 is 12.2 Å². The molecule has 0 aliphatic carbocycles. The molecule has 1 fully saturated rings. The maximum Gasteiger partial charge on any atom is 0.0978 e. The van der Waals surface area contributed by atoms with E-state index in [-0.39, 0.29) is 25.3 Å². The van der Waals surface area contributed by atoms with E-state index >= 15 is 0 Å². The highest BCUT2D eigenvalue weighted by Gasteiger charge is 2.39. The van der Waals surface area contributed by atoms with E-state index in [1.165, 1.54) is 0 Å². The number of hydrogen-bond acceptors (Lipinski definition) is 5. The Morgan fingerprint density at radius 1 is 1.00 bits per heavy atom. The topological polar surface area (TPSA) is 102 Å². The molecule has 4 atom stereocenters. The summed E-state index contributed by atoms with van der Waals surface area (Å²) in [7, 11) is 0. The third-order valence-electron chi connectivity index (χ3n) is 2.01. The summed E-state index contributed by atoms with van der Waals surface area (Å²) < 4.78 is 5.13. The van der Waals surface area contributed by atoms with Gasteiger partial charge < -0.3 is 26.4 Å². The number of aliphatic hydroxyl groups is 2. The molecule has 0 unspecified atom stereocenters. The molecular formula is C6H14N2O3. The first-order valence-electron chi connectivity index (χ1n) is 3.59. The number of aliphatic hydroxyl groups excluding tert-OH is 2. The maximum absolute atomic E-state index is 8.73. The van der Waals surface area contributed by atoms with Crippen molar-refractivity contribution < 1.29 is 14.9 Å². The molecule has 1 saturated heterocycles. The van der Waals surface area contributed by atoms with Crippen molar-refractivity contribution in [3.05, 3.63) is 0 Å². The van der Waals surface area contributed by atoms with Gasteiger partial charge in [-0.05, 0) is 0 Å². The van der Waals surface area contributed by atoms with Gasteiger partial charge in [-0.1, -0.05) is 0 Å². The second kappa shape index (κ2) is 3.46. The zero-order chi connectivity index (χ0) is 8.43. The average molecular weight is 162 g/mol. The van der Waals surface area contributed by atoms with Crippen molar-refractivity contribution in [1.29, 1.82) is 0 Å². The first-order valence-corrected chi connectivity index (χ1v) is 3.59. The molecule has 0 amide bonds. The average Bonchev–Trinajstić information content (AvgIpc) is 2.30. The van der Waals surface area contributed by atoms with Crippen LogP contribution in [0.2, 0.25) is 0 Å². The van der Waals surface area contributed by atoms with Crippen LogP contribution >= 0.6 is 0 Å². The van der Waals surface area contributed by atoms with Gasteiger partial charge >= 0.3 is 0 Å². The van der Waals surface area contributed by atoms with Crippen molar-refractivity contribution >= 4 is 0 Å². The van der Waals surface area contributed by atoms with Gasteiger partial charge in [-0.3, -0.25) is 0 Å². The minimum absolute atomic E-state index is 0.147. The molecule has 0 bridgehead atoms. The third kappa shape index (κ3) is 1.52. The van der Waals surface area contributed by atoms with Crippen LogP contribution in [0.15, 0.2) is 0 Å². The molecule has 11 heavy (non-hydrogen) atoms. The summed E-state index contributed by atoms with van der Waals surface area (Å²) in [5.41, 5.74) is 11.2. The van der Waals surface area contributed by atoms with Crippen LogP contribution in [-0.4, -0.2) is 47.7 Å². The van der Waals surface area contributed by atoms with Crippen LogP contribution in [0.1, 0.15) is 0 Å². The second-order valence-corrected chi connectivity index (χ2v) is 2.73. The Labute approximate surface area is 64.9 Å². The molecule has 1 aliphatic heterocycles. The molecule has 0 spiro atoms. The Balaban J connectivity index is 2.53. The number of nitrogens with two attached hydrogens (primary N) is 2. The fraction of sp³-hybridized carbons (Fsp3) is 1.00. The Morgan fingerprint density at radius 2 is 1.36 bits per heavy atom. The fourth-order valence-corrected chi connectivity index (χ4v) is 1.23. The Kier molecular flexibility index (Phi) is 2.80. The van der Waals surface area contributed by atoms with E-state index in [2.05, 4.69) is 0 Å². The van der Waals surface area contributed by atoms with Crippen molar-refractivity contribution in [2.75, 3.05) is 13.2 Å². The van der Waals surface area contributed by atoms with Crippen LogP contribution in [0.3, 0.4) is 0 Å². The molecule has 0 saturated carbocycles. The van der Waals surface area contributed by atoms with Gasteiger partial charge in [0, 0.05) is 0 Å². The van der Waals surface area contributed by atoms with Crippen LogP contribution in [0.25, 0.3) is 0 Å². The lowest BCUT2D eigenvalue weighted by molar-refractivity contribution is -0.0167. The summed E-state index contributed by atoms with van der Waals surface area (Å²) in [4.78, 5) is 0. The Bertz CT molecular complexity index is 115. The fourth-order valence-electron chi connectivity index (χ4n) is 1.23. The third-order valence-corrected chi connectivity index (χ3v) is 2.01. The minimum atomic E-state index is -0.429. The molecule has 6 N–H and O–H groups in total. The van der Waals surface area contributed by atoms with Gasteiger partial charge in [0.2, 0.25) is 0 Å². The largest absolute Gasteiger partial charge is 0.394 e. The van der Waals surface area contributed by atoms with Gasteiger partial charge in [-0.25, -0.2) is 0 Å². The lowest BCUT2D eigenvalue weighted by Gasteiger charge is -2.13. The summed E-state index contributed by atoms with van der Waals surface area (Å²) in [5.74, 6) is 0. The molecule has 66 valence electrons. The van der Waals surface area contributed by atoms with Crippen molar-refractivity contribution in [3.63, 3.8) is 0 Å². The molecule has 1 heterocycles. The standard InChI is InChI=1S/C6H14N2O3/c7-5-3(1-9)11-4(2-10)6(5)8/h3-6,9-10H,1-2,7-8H2/t3-,4+,5-,6-/m0/s1. The zero-order valence-corrected chi connectivity index (χ0v) is 6.18. The van der Waals surface area contributed by atoms with E-state index in [0.29, 0.717) is 0 Å². The van der Waals surface area contributed by atoms with Crippen molar-refractivity contribution in [2.24, 2.45) is 11.5 Å². The van der Waals surface area contributed by atoms with E-state index in [1.54, 1.807) is 0 Å². The molecule has 0 aromatic carbocycles. The summed E-state index contributed by atoms with van der Waals surface area (Å²) in [6.45, 7) is -0.295. The molecule has 0 radical (unpaired) electrons. The normalized spacial score (nSPS) is 44.7. The first kappa shape index (κ1) is 8.89. The number of ether oxygens (including phenoxy) is 1. The molecule has 5 heteroatoms. The van der Waals surface area contributed by atoms with E-state index in [9.17, 15) is 0 Å². The van der Waals surface area contributed by atoms with Crippen LogP contribution in [-0.2, 0) is 4.74 Å². The van der Waals surface area contributed by atoms with Crippen LogP contribution in [0, 0.1) is 0 Å². The van der Waals surface area contributed by atoms with E-state index in [0.717, 1.165) is 0 Å². The van der Waals surface area contributed by atoms with Gasteiger partial charge in [0.25, 0.3) is 0 Å². The van der Waals surface area contributed by atoms with Gasteiger partial charge in [0.1, 0.15) is 0 Å². The molecular weight excluding hydrogens is 148 g/mol. The lowest BCUT2D eigenvalue weighted by Crippen LogP contribution is -2.47. The molecule has 1 aliphatic rings. The number of hydrogen-bond donors (Lipinski definition) is 4. The van der Waals surface area contributed by atoms with Crippen molar-refractivity contribution in [3.8, 4) is 0 Å². The smallest absolute Gasteiger partial charge is 0.0978 e. The maximum atomic E-state index is 8.73.